The fraction of sp³-hybridized carbons (Fsp3) is 0.923. The summed E-state index contributed by atoms with van der Waals surface area (Å²) in [6.07, 6.45) is 0.796. The molecule has 0 aromatic heterocycles. The second-order valence-electron chi connectivity index (χ2n) is 5.75. The molecule has 2 fully saturated rings. The van der Waals surface area contributed by atoms with E-state index in [0.29, 0.717) is 18.6 Å². The number of piperidine rings is 1. The maximum absolute atomic E-state index is 11.1. The maximum atomic E-state index is 11.1. The van der Waals surface area contributed by atoms with Crippen LogP contribution >= 0.6 is 0 Å². The van der Waals surface area contributed by atoms with Gasteiger partial charge in [0.2, 0.25) is 0 Å². The molecule has 2 N–H and O–H groups in total. The number of rotatable bonds is 3. The van der Waals surface area contributed by atoms with E-state index in [4.69, 9.17) is 5.11 Å². The topological polar surface area (TPSA) is 55.8 Å². The smallest absolute Gasteiger partial charge is 0.307 e. The third kappa shape index (κ3) is 3.22. The molecule has 0 bridgehead atoms. The second kappa shape index (κ2) is 5.99. The zero-order chi connectivity index (χ0) is 13.1. The van der Waals surface area contributed by atoms with Crippen molar-refractivity contribution in [1.82, 2.24) is 15.1 Å². The van der Waals surface area contributed by atoms with Crippen LogP contribution in [-0.4, -0.2) is 72.2 Å². The lowest BCUT2D eigenvalue weighted by Crippen LogP contribution is -2.57. The van der Waals surface area contributed by atoms with Gasteiger partial charge in [0.15, 0.2) is 0 Å². The van der Waals surface area contributed by atoms with Crippen LogP contribution in [0.1, 0.15) is 20.3 Å². The number of carbonyl (C=O) groups is 1. The Morgan fingerprint density at radius 3 is 2.44 bits per heavy atom. The Morgan fingerprint density at radius 2 is 1.89 bits per heavy atom. The molecule has 5 nitrogen and oxygen atoms in total. The van der Waals surface area contributed by atoms with Crippen molar-refractivity contribution in [2.24, 2.45) is 5.92 Å². The molecule has 2 saturated heterocycles. The number of nitrogens with zero attached hydrogens (tertiary/aromatic N) is 2. The number of piperazine rings is 1. The third-order valence-corrected chi connectivity index (χ3v) is 4.27. The Hall–Kier alpha value is -0.650. The van der Waals surface area contributed by atoms with Gasteiger partial charge >= 0.3 is 5.97 Å². The van der Waals surface area contributed by atoms with Crippen molar-refractivity contribution in [3.05, 3.63) is 0 Å². The first-order valence-corrected chi connectivity index (χ1v) is 6.99. The Bertz CT molecular complexity index is 288. The molecule has 0 aliphatic carbocycles. The molecule has 0 aromatic rings. The van der Waals surface area contributed by atoms with Crippen LogP contribution in [0.3, 0.4) is 0 Å². The van der Waals surface area contributed by atoms with Crippen LogP contribution in [0.15, 0.2) is 0 Å². The molecular formula is C13H25N3O2. The van der Waals surface area contributed by atoms with Crippen LogP contribution in [0.25, 0.3) is 0 Å². The highest BCUT2D eigenvalue weighted by Gasteiger charge is 2.32. The lowest BCUT2D eigenvalue weighted by molar-refractivity contribution is -0.143. The number of hydrogen-bond acceptors (Lipinski definition) is 4. The highest BCUT2D eigenvalue weighted by molar-refractivity contribution is 5.70. The Balaban J connectivity index is 1.84. The predicted molar refractivity (Wildman–Crippen MR) is 70.7 cm³/mol. The van der Waals surface area contributed by atoms with Crippen LogP contribution in [-0.2, 0) is 4.79 Å². The van der Waals surface area contributed by atoms with E-state index in [-0.39, 0.29) is 5.92 Å². The van der Waals surface area contributed by atoms with Crippen LogP contribution in [0.2, 0.25) is 0 Å². The fourth-order valence-corrected chi connectivity index (χ4v) is 3.00. The highest BCUT2D eigenvalue weighted by Crippen LogP contribution is 2.18. The molecule has 0 saturated carbocycles. The molecule has 0 radical (unpaired) electrons. The first-order chi connectivity index (χ1) is 8.58. The SMILES string of the molecule is CC(C)N1CCN(C2CNCC(C(=O)O)C2)CC1. The number of hydrogen-bond donors (Lipinski definition) is 2. The molecule has 2 rings (SSSR count). The van der Waals surface area contributed by atoms with E-state index in [1.807, 2.05) is 0 Å². The van der Waals surface area contributed by atoms with Crippen molar-refractivity contribution in [2.45, 2.75) is 32.4 Å². The van der Waals surface area contributed by atoms with Gasteiger partial charge < -0.3 is 10.4 Å². The van der Waals surface area contributed by atoms with Crippen molar-refractivity contribution < 1.29 is 9.90 Å². The van der Waals surface area contributed by atoms with E-state index >= 15 is 0 Å². The van der Waals surface area contributed by atoms with Gasteiger partial charge in [0.05, 0.1) is 5.92 Å². The third-order valence-electron chi connectivity index (χ3n) is 4.27. The summed E-state index contributed by atoms with van der Waals surface area (Å²) >= 11 is 0. The normalized spacial score (nSPS) is 31.7. The molecule has 18 heavy (non-hydrogen) atoms. The van der Waals surface area contributed by atoms with Gasteiger partial charge in [-0.3, -0.25) is 14.6 Å². The highest BCUT2D eigenvalue weighted by atomic mass is 16.4. The Labute approximate surface area is 109 Å². The Kier molecular flexibility index (Phi) is 4.59. The standard InChI is InChI=1S/C13H25N3O2/c1-10(2)15-3-5-16(6-4-15)12-7-11(13(17)18)8-14-9-12/h10-12,14H,3-9H2,1-2H3,(H,17,18). The minimum Gasteiger partial charge on any atom is -0.481 e. The van der Waals surface area contributed by atoms with Crippen LogP contribution in [0.5, 0.6) is 0 Å². The number of aliphatic carboxylic acids is 1. The van der Waals surface area contributed by atoms with E-state index in [9.17, 15) is 4.79 Å². The summed E-state index contributed by atoms with van der Waals surface area (Å²) in [4.78, 5) is 16.0. The molecule has 0 spiro atoms. The van der Waals surface area contributed by atoms with E-state index in [2.05, 4.69) is 29.0 Å². The summed E-state index contributed by atoms with van der Waals surface area (Å²) in [5, 5.41) is 12.4. The van der Waals surface area contributed by atoms with Crippen molar-refractivity contribution >= 4 is 5.97 Å². The van der Waals surface area contributed by atoms with Crippen molar-refractivity contribution in [3.8, 4) is 0 Å². The Morgan fingerprint density at radius 1 is 1.22 bits per heavy atom. The number of carboxylic acid groups (broad SMARTS) is 1. The molecule has 2 aliphatic heterocycles. The van der Waals surface area contributed by atoms with Gasteiger partial charge in [0, 0.05) is 51.4 Å². The first-order valence-electron chi connectivity index (χ1n) is 6.99. The number of nitrogens with one attached hydrogen (secondary N) is 1. The molecule has 2 atom stereocenters. The van der Waals surface area contributed by atoms with E-state index in [1.54, 1.807) is 0 Å². The molecular weight excluding hydrogens is 230 g/mol. The zero-order valence-electron chi connectivity index (χ0n) is 11.4. The van der Waals surface area contributed by atoms with Crippen molar-refractivity contribution in [3.63, 3.8) is 0 Å². The van der Waals surface area contributed by atoms with E-state index < -0.39 is 5.97 Å². The van der Waals surface area contributed by atoms with Crippen LogP contribution in [0, 0.1) is 5.92 Å². The first kappa shape index (κ1) is 13.8. The lowest BCUT2D eigenvalue weighted by Gasteiger charge is -2.43. The summed E-state index contributed by atoms with van der Waals surface area (Å²) in [6.45, 7) is 10.4. The minimum atomic E-state index is -0.659. The summed E-state index contributed by atoms with van der Waals surface area (Å²) in [7, 11) is 0. The largest absolute Gasteiger partial charge is 0.481 e. The van der Waals surface area contributed by atoms with Gasteiger partial charge in [-0.15, -0.1) is 0 Å². The quantitative estimate of drug-likeness (QED) is 0.748. The molecule has 2 aliphatic rings. The monoisotopic (exact) mass is 255 g/mol. The molecule has 5 heteroatoms. The molecule has 2 heterocycles. The molecule has 0 amide bonds. The lowest BCUT2D eigenvalue weighted by atomic mass is 9.94. The zero-order valence-corrected chi connectivity index (χ0v) is 11.4. The van der Waals surface area contributed by atoms with Crippen LogP contribution < -0.4 is 5.32 Å². The van der Waals surface area contributed by atoms with Gasteiger partial charge in [0.1, 0.15) is 0 Å². The minimum absolute atomic E-state index is 0.216. The van der Waals surface area contributed by atoms with E-state index in [0.717, 1.165) is 39.1 Å². The van der Waals surface area contributed by atoms with Crippen molar-refractivity contribution in [1.29, 1.82) is 0 Å². The molecule has 0 aromatic carbocycles. The summed E-state index contributed by atoms with van der Waals surface area (Å²) < 4.78 is 0. The van der Waals surface area contributed by atoms with Gasteiger partial charge in [0.25, 0.3) is 0 Å². The fourth-order valence-electron chi connectivity index (χ4n) is 3.00. The summed E-state index contributed by atoms with van der Waals surface area (Å²) in [5.41, 5.74) is 0. The van der Waals surface area contributed by atoms with Crippen molar-refractivity contribution in [2.75, 3.05) is 39.3 Å². The van der Waals surface area contributed by atoms with Gasteiger partial charge in [-0.1, -0.05) is 0 Å². The van der Waals surface area contributed by atoms with Gasteiger partial charge in [-0.05, 0) is 20.3 Å². The molecule has 104 valence electrons. The summed E-state index contributed by atoms with van der Waals surface area (Å²) in [5.74, 6) is -0.875. The van der Waals surface area contributed by atoms with Crippen LogP contribution in [0.4, 0.5) is 0 Å². The molecule has 2 unspecified atom stereocenters. The number of carboxylic acids is 1. The average Bonchev–Trinajstić information content (AvgIpc) is 2.39. The maximum Gasteiger partial charge on any atom is 0.307 e. The second-order valence-corrected chi connectivity index (χ2v) is 5.75. The average molecular weight is 255 g/mol. The van der Waals surface area contributed by atoms with E-state index in [1.165, 1.54) is 0 Å². The van der Waals surface area contributed by atoms with Gasteiger partial charge in [-0.25, -0.2) is 0 Å². The van der Waals surface area contributed by atoms with Gasteiger partial charge in [-0.2, -0.15) is 0 Å². The summed E-state index contributed by atoms with van der Waals surface area (Å²) in [6, 6.07) is 1.01. The predicted octanol–water partition coefficient (Wildman–Crippen LogP) is 0.0751.